The first-order chi connectivity index (χ1) is 7.20. The molecule has 1 heterocycles. The third-order valence-electron chi connectivity index (χ3n) is 2.18. The summed E-state index contributed by atoms with van der Waals surface area (Å²) < 4.78 is 10.0. The normalized spacial score (nSPS) is 20.9. The Labute approximate surface area is 88.5 Å². The molecule has 1 saturated heterocycles. The van der Waals surface area contributed by atoms with Crippen LogP contribution in [0.4, 0.5) is 4.79 Å². The number of carbonyl (C=O) groups is 2. The first kappa shape index (κ1) is 11.8. The molecule has 0 spiro atoms. The lowest BCUT2D eigenvalue weighted by atomic mass is 10.2. The molecule has 0 aromatic rings. The van der Waals surface area contributed by atoms with E-state index in [2.05, 4.69) is 5.32 Å². The van der Waals surface area contributed by atoms with E-state index in [1.807, 2.05) is 0 Å². The Bertz CT molecular complexity index is 244. The van der Waals surface area contributed by atoms with Crippen molar-refractivity contribution in [1.82, 2.24) is 10.2 Å². The van der Waals surface area contributed by atoms with Gasteiger partial charge in [-0.15, -0.1) is 0 Å². The van der Waals surface area contributed by atoms with Crippen molar-refractivity contribution in [1.29, 1.82) is 0 Å². The van der Waals surface area contributed by atoms with Crippen LogP contribution in [-0.4, -0.2) is 56.4 Å². The maximum atomic E-state index is 11.5. The lowest BCUT2D eigenvalue weighted by Gasteiger charge is -2.33. The molecule has 1 unspecified atom stereocenters. The molecule has 1 N–H and O–H groups in total. The minimum absolute atomic E-state index is 0.221. The highest BCUT2D eigenvalue weighted by Gasteiger charge is 2.32. The Morgan fingerprint density at radius 1 is 1.60 bits per heavy atom. The van der Waals surface area contributed by atoms with E-state index in [1.54, 1.807) is 6.92 Å². The smallest absolute Gasteiger partial charge is 0.410 e. The van der Waals surface area contributed by atoms with Crippen LogP contribution in [0, 0.1) is 0 Å². The Morgan fingerprint density at radius 2 is 2.33 bits per heavy atom. The lowest BCUT2D eigenvalue weighted by Crippen LogP contribution is -2.55. The third-order valence-corrected chi connectivity index (χ3v) is 2.18. The molecule has 0 radical (unpaired) electrons. The Hall–Kier alpha value is -1.30. The average Bonchev–Trinajstić information content (AvgIpc) is 2.28. The first-order valence-electron chi connectivity index (χ1n) is 4.93. The zero-order chi connectivity index (χ0) is 11.3. The van der Waals surface area contributed by atoms with E-state index in [0.29, 0.717) is 19.8 Å². The molecule has 86 valence electrons. The topological polar surface area (TPSA) is 67.9 Å². The van der Waals surface area contributed by atoms with E-state index in [9.17, 15) is 9.59 Å². The lowest BCUT2D eigenvalue weighted by molar-refractivity contribution is -0.130. The molecule has 1 aliphatic rings. The quantitative estimate of drug-likeness (QED) is 0.681. The number of carbonyl (C=O) groups excluding carboxylic acids is 2. The van der Waals surface area contributed by atoms with Gasteiger partial charge in [0.15, 0.2) is 0 Å². The predicted molar refractivity (Wildman–Crippen MR) is 52.4 cm³/mol. The number of rotatable bonds is 2. The van der Waals surface area contributed by atoms with Gasteiger partial charge in [-0.25, -0.2) is 4.79 Å². The van der Waals surface area contributed by atoms with E-state index in [-0.39, 0.29) is 12.5 Å². The Morgan fingerprint density at radius 3 is 2.93 bits per heavy atom. The van der Waals surface area contributed by atoms with Gasteiger partial charge in [-0.2, -0.15) is 0 Å². The highest BCUT2D eigenvalue weighted by Crippen LogP contribution is 2.08. The minimum atomic E-state index is -0.581. The summed E-state index contributed by atoms with van der Waals surface area (Å²) in [5, 5.41) is 2.49. The van der Waals surface area contributed by atoms with Crippen LogP contribution in [-0.2, 0) is 14.3 Å². The van der Waals surface area contributed by atoms with Crippen LogP contribution in [0.3, 0.4) is 0 Å². The van der Waals surface area contributed by atoms with Gasteiger partial charge in [0.1, 0.15) is 6.04 Å². The second-order valence-electron chi connectivity index (χ2n) is 3.10. The molecular formula is C9H16N2O4. The molecule has 0 saturated carbocycles. The molecule has 1 rings (SSSR count). The SMILES string of the molecule is CCOC(=O)N1CCOCC1C(=O)NC. The number of likely N-dealkylation sites (N-methyl/N-ethyl adjacent to an activating group) is 1. The fraction of sp³-hybridized carbons (Fsp3) is 0.778. The molecular weight excluding hydrogens is 200 g/mol. The zero-order valence-corrected chi connectivity index (χ0v) is 8.99. The van der Waals surface area contributed by atoms with E-state index < -0.39 is 12.1 Å². The van der Waals surface area contributed by atoms with Crippen molar-refractivity contribution in [3.05, 3.63) is 0 Å². The number of ether oxygens (including phenoxy) is 2. The van der Waals surface area contributed by atoms with E-state index in [4.69, 9.17) is 9.47 Å². The summed E-state index contributed by atoms with van der Waals surface area (Å²) in [5.74, 6) is -0.234. The number of amides is 2. The van der Waals surface area contributed by atoms with Gasteiger partial charge in [-0.3, -0.25) is 9.69 Å². The standard InChI is InChI=1S/C9H16N2O4/c1-3-15-9(13)11-4-5-14-6-7(11)8(12)10-2/h7H,3-6H2,1-2H3,(H,10,12). The van der Waals surface area contributed by atoms with Crippen molar-refractivity contribution < 1.29 is 19.1 Å². The van der Waals surface area contributed by atoms with Gasteiger partial charge in [-0.05, 0) is 6.92 Å². The van der Waals surface area contributed by atoms with Gasteiger partial charge in [0.2, 0.25) is 5.91 Å². The van der Waals surface area contributed by atoms with Crippen LogP contribution in [0.2, 0.25) is 0 Å². The van der Waals surface area contributed by atoms with E-state index in [0.717, 1.165) is 0 Å². The molecule has 0 aromatic carbocycles. The number of nitrogens with one attached hydrogen (secondary N) is 1. The van der Waals surface area contributed by atoms with Gasteiger partial charge in [0.05, 0.1) is 19.8 Å². The summed E-state index contributed by atoms with van der Waals surface area (Å²) in [6, 6.07) is -0.581. The summed E-state index contributed by atoms with van der Waals surface area (Å²) in [5.41, 5.74) is 0. The molecule has 1 fully saturated rings. The van der Waals surface area contributed by atoms with Gasteiger partial charge < -0.3 is 14.8 Å². The van der Waals surface area contributed by atoms with Crippen LogP contribution in [0.25, 0.3) is 0 Å². The second-order valence-corrected chi connectivity index (χ2v) is 3.10. The van der Waals surface area contributed by atoms with Crippen molar-refractivity contribution in [2.75, 3.05) is 33.4 Å². The van der Waals surface area contributed by atoms with Crippen LogP contribution in [0.15, 0.2) is 0 Å². The molecule has 2 amide bonds. The van der Waals surface area contributed by atoms with Crippen LogP contribution >= 0.6 is 0 Å². The summed E-state index contributed by atoms with van der Waals surface area (Å²) in [6.07, 6.45) is -0.464. The Kier molecular flexibility index (Phi) is 4.36. The maximum Gasteiger partial charge on any atom is 0.410 e. The number of hydrogen-bond donors (Lipinski definition) is 1. The fourth-order valence-corrected chi connectivity index (χ4v) is 1.41. The van der Waals surface area contributed by atoms with Crippen LogP contribution in [0.1, 0.15) is 6.92 Å². The molecule has 1 aliphatic heterocycles. The zero-order valence-electron chi connectivity index (χ0n) is 8.99. The number of morpholine rings is 1. The fourth-order valence-electron chi connectivity index (χ4n) is 1.41. The molecule has 0 bridgehead atoms. The summed E-state index contributed by atoms with van der Waals surface area (Å²) >= 11 is 0. The third kappa shape index (κ3) is 2.82. The highest BCUT2D eigenvalue weighted by molar-refractivity contribution is 5.85. The molecule has 6 heteroatoms. The predicted octanol–water partition coefficient (Wildman–Crippen LogP) is -0.410. The Balaban J connectivity index is 2.65. The van der Waals surface area contributed by atoms with E-state index in [1.165, 1.54) is 11.9 Å². The molecule has 0 aliphatic carbocycles. The number of nitrogens with zero attached hydrogens (tertiary/aromatic N) is 1. The average molecular weight is 216 g/mol. The first-order valence-corrected chi connectivity index (χ1v) is 4.93. The summed E-state index contributed by atoms with van der Waals surface area (Å²) in [4.78, 5) is 24.3. The van der Waals surface area contributed by atoms with Crippen molar-refractivity contribution >= 4 is 12.0 Å². The van der Waals surface area contributed by atoms with Crippen LogP contribution in [0.5, 0.6) is 0 Å². The summed E-state index contributed by atoms with van der Waals surface area (Å²) in [7, 11) is 1.53. The second kappa shape index (κ2) is 5.55. The van der Waals surface area contributed by atoms with Crippen LogP contribution < -0.4 is 5.32 Å². The van der Waals surface area contributed by atoms with E-state index >= 15 is 0 Å². The van der Waals surface area contributed by atoms with Crippen molar-refractivity contribution in [2.45, 2.75) is 13.0 Å². The van der Waals surface area contributed by atoms with Gasteiger partial charge in [-0.1, -0.05) is 0 Å². The number of hydrogen-bond acceptors (Lipinski definition) is 4. The van der Waals surface area contributed by atoms with Crippen molar-refractivity contribution in [3.63, 3.8) is 0 Å². The molecule has 1 atom stereocenters. The minimum Gasteiger partial charge on any atom is -0.450 e. The van der Waals surface area contributed by atoms with Crippen molar-refractivity contribution in [3.8, 4) is 0 Å². The largest absolute Gasteiger partial charge is 0.450 e. The highest BCUT2D eigenvalue weighted by atomic mass is 16.6. The monoisotopic (exact) mass is 216 g/mol. The van der Waals surface area contributed by atoms with Gasteiger partial charge in [0, 0.05) is 13.6 Å². The van der Waals surface area contributed by atoms with Gasteiger partial charge in [0.25, 0.3) is 0 Å². The van der Waals surface area contributed by atoms with Gasteiger partial charge >= 0.3 is 6.09 Å². The summed E-state index contributed by atoms with van der Waals surface area (Å²) in [6.45, 7) is 3.08. The van der Waals surface area contributed by atoms with Crippen molar-refractivity contribution in [2.24, 2.45) is 0 Å². The molecule has 0 aromatic heterocycles. The molecule has 15 heavy (non-hydrogen) atoms. The maximum absolute atomic E-state index is 11.5. The molecule has 6 nitrogen and oxygen atoms in total.